The third-order valence-electron chi connectivity index (χ3n) is 4.56. The maximum Gasteiger partial charge on any atom is 0.269 e. The second-order valence-corrected chi connectivity index (χ2v) is 9.27. The number of nitro groups is 1. The van der Waals surface area contributed by atoms with E-state index >= 15 is 0 Å². The second-order valence-electron chi connectivity index (χ2n) is 6.47. The van der Waals surface area contributed by atoms with E-state index in [1.807, 2.05) is 24.3 Å². The van der Waals surface area contributed by atoms with Crippen LogP contribution in [0.1, 0.15) is 5.56 Å². The first-order valence-corrected chi connectivity index (χ1v) is 11.3. The van der Waals surface area contributed by atoms with E-state index in [4.69, 9.17) is 0 Å². The minimum Gasteiger partial charge on any atom is -0.260 e. The average molecular weight is 428 g/mol. The van der Waals surface area contributed by atoms with Crippen molar-refractivity contribution in [3.8, 4) is 0 Å². The second kappa shape index (κ2) is 7.84. The molecule has 0 amide bonds. The van der Waals surface area contributed by atoms with E-state index in [2.05, 4.69) is 4.99 Å². The number of amidine groups is 1. The summed E-state index contributed by atoms with van der Waals surface area (Å²) in [6.45, 7) is 0.677. The Morgan fingerprint density at radius 1 is 1.03 bits per heavy atom. The van der Waals surface area contributed by atoms with Gasteiger partial charge in [-0.05, 0) is 28.5 Å². The van der Waals surface area contributed by atoms with Gasteiger partial charge < -0.3 is 0 Å². The number of sulfonamides is 1. The van der Waals surface area contributed by atoms with Gasteiger partial charge in [0.1, 0.15) is 0 Å². The molecule has 148 valence electrons. The Labute approximate surface area is 172 Å². The fourth-order valence-corrected chi connectivity index (χ4v) is 5.82. The normalized spacial score (nSPS) is 14.2. The molecular weight excluding hydrogens is 410 g/mol. The molecule has 1 aliphatic heterocycles. The third kappa shape index (κ3) is 3.96. The molecule has 29 heavy (non-hydrogen) atoms. The lowest BCUT2D eigenvalue weighted by Gasteiger charge is -2.20. The van der Waals surface area contributed by atoms with Crippen molar-refractivity contribution in [1.29, 1.82) is 0 Å². The van der Waals surface area contributed by atoms with E-state index in [-0.39, 0.29) is 17.1 Å². The van der Waals surface area contributed by atoms with Crippen molar-refractivity contribution < 1.29 is 13.3 Å². The molecule has 0 aromatic heterocycles. The van der Waals surface area contributed by atoms with Crippen molar-refractivity contribution in [3.05, 3.63) is 82.4 Å². The Hall–Kier alpha value is -2.91. The molecule has 3 aromatic rings. The summed E-state index contributed by atoms with van der Waals surface area (Å²) in [6, 6.07) is 19.0. The lowest BCUT2D eigenvalue weighted by atomic mass is 10.1. The Balaban J connectivity index is 1.55. The first-order chi connectivity index (χ1) is 13.9. The van der Waals surface area contributed by atoms with Crippen molar-refractivity contribution >= 4 is 43.4 Å². The largest absolute Gasteiger partial charge is 0.269 e. The smallest absolute Gasteiger partial charge is 0.260 e. The summed E-state index contributed by atoms with van der Waals surface area (Å²) in [6.07, 6.45) is 0. The van der Waals surface area contributed by atoms with E-state index in [0.29, 0.717) is 17.5 Å². The molecule has 0 bridgehead atoms. The summed E-state index contributed by atoms with van der Waals surface area (Å²) in [5, 5.41) is 13.2. The Morgan fingerprint density at radius 3 is 2.62 bits per heavy atom. The lowest BCUT2D eigenvalue weighted by Crippen LogP contribution is -2.32. The number of aliphatic imine (C=N–C) groups is 1. The number of fused-ring (bicyclic) bond motifs is 1. The average Bonchev–Trinajstić information content (AvgIpc) is 3.21. The standard InChI is InChI=1S/C20H17N3O4S2/c24-23(25)18-7-3-4-15(12-18)14-28-20-21-10-11-22(20)29(26,27)19-9-8-16-5-1-2-6-17(16)13-19/h1-9,12-13H,10-11,14H2. The predicted molar refractivity (Wildman–Crippen MR) is 115 cm³/mol. The van der Waals surface area contributed by atoms with Crippen LogP contribution in [0.5, 0.6) is 0 Å². The molecule has 7 nitrogen and oxygen atoms in total. The Bertz CT molecular complexity index is 1230. The van der Waals surface area contributed by atoms with Gasteiger partial charge in [0.25, 0.3) is 15.7 Å². The van der Waals surface area contributed by atoms with Gasteiger partial charge in [-0.2, -0.15) is 0 Å². The lowest BCUT2D eigenvalue weighted by molar-refractivity contribution is -0.384. The highest BCUT2D eigenvalue weighted by atomic mass is 32.2. The number of hydrogen-bond acceptors (Lipinski definition) is 6. The molecule has 0 atom stereocenters. The van der Waals surface area contributed by atoms with Gasteiger partial charge >= 0.3 is 0 Å². The molecule has 0 saturated heterocycles. The van der Waals surface area contributed by atoms with Crippen LogP contribution in [-0.2, 0) is 15.8 Å². The predicted octanol–water partition coefficient (Wildman–Crippen LogP) is 4.04. The molecule has 0 aliphatic carbocycles. The molecule has 0 N–H and O–H groups in total. The van der Waals surface area contributed by atoms with Crippen LogP contribution in [0.25, 0.3) is 10.8 Å². The Morgan fingerprint density at radius 2 is 1.83 bits per heavy atom. The van der Waals surface area contributed by atoms with Gasteiger partial charge in [0.2, 0.25) is 0 Å². The SMILES string of the molecule is O=[N+]([O-])c1cccc(CSC2=NCCN2S(=O)(=O)c2ccc3ccccc3c2)c1. The number of thioether (sulfide) groups is 1. The minimum absolute atomic E-state index is 0.0112. The quantitative estimate of drug-likeness (QED) is 0.452. The van der Waals surface area contributed by atoms with E-state index in [0.717, 1.165) is 16.3 Å². The molecule has 0 radical (unpaired) electrons. The van der Waals surface area contributed by atoms with E-state index < -0.39 is 14.9 Å². The van der Waals surface area contributed by atoms with Crippen molar-refractivity contribution in [2.24, 2.45) is 4.99 Å². The zero-order chi connectivity index (χ0) is 20.4. The van der Waals surface area contributed by atoms with Crippen LogP contribution in [-0.4, -0.2) is 35.9 Å². The van der Waals surface area contributed by atoms with Crippen molar-refractivity contribution in [2.45, 2.75) is 10.6 Å². The Kier molecular flexibility index (Phi) is 5.25. The zero-order valence-electron chi connectivity index (χ0n) is 15.3. The summed E-state index contributed by atoms with van der Waals surface area (Å²) < 4.78 is 27.7. The molecule has 0 fully saturated rings. The number of non-ortho nitro benzene ring substituents is 1. The summed E-state index contributed by atoms with van der Waals surface area (Å²) in [7, 11) is -3.73. The molecule has 0 saturated carbocycles. The first kappa shape index (κ1) is 19.4. The number of nitrogens with zero attached hydrogens (tertiary/aromatic N) is 3. The maximum absolute atomic E-state index is 13.2. The molecular formula is C20H17N3O4S2. The van der Waals surface area contributed by atoms with Gasteiger partial charge in [-0.1, -0.05) is 54.2 Å². The molecule has 1 heterocycles. The van der Waals surface area contributed by atoms with Crippen molar-refractivity contribution in [1.82, 2.24) is 4.31 Å². The summed E-state index contributed by atoms with van der Waals surface area (Å²) >= 11 is 1.26. The maximum atomic E-state index is 13.2. The van der Waals surface area contributed by atoms with Gasteiger partial charge in [-0.15, -0.1) is 0 Å². The number of nitro benzene ring substituents is 1. The summed E-state index contributed by atoms with van der Waals surface area (Å²) in [5.41, 5.74) is 0.749. The molecule has 1 aliphatic rings. The highest BCUT2D eigenvalue weighted by molar-refractivity contribution is 8.14. The molecule has 0 unspecified atom stereocenters. The van der Waals surface area contributed by atoms with Crippen LogP contribution in [0.4, 0.5) is 5.69 Å². The summed E-state index contributed by atoms with van der Waals surface area (Å²) in [4.78, 5) is 15.0. The fraction of sp³-hybridized carbons (Fsp3) is 0.150. The fourth-order valence-electron chi connectivity index (χ4n) is 3.11. The van der Waals surface area contributed by atoms with Crippen LogP contribution >= 0.6 is 11.8 Å². The van der Waals surface area contributed by atoms with Gasteiger partial charge in [0.05, 0.1) is 22.9 Å². The number of rotatable bonds is 5. The molecule has 0 spiro atoms. The van der Waals surface area contributed by atoms with Crippen LogP contribution in [0.15, 0.2) is 76.6 Å². The van der Waals surface area contributed by atoms with Crippen molar-refractivity contribution in [3.63, 3.8) is 0 Å². The van der Waals surface area contributed by atoms with E-state index in [1.165, 1.54) is 28.2 Å². The molecule has 4 rings (SSSR count). The van der Waals surface area contributed by atoms with Crippen LogP contribution in [0, 0.1) is 10.1 Å². The first-order valence-electron chi connectivity index (χ1n) is 8.87. The minimum atomic E-state index is -3.73. The van der Waals surface area contributed by atoms with Crippen LogP contribution < -0.4 is 0 Å². The topological polar surface area (TPSA) is 92.9 Å². The monoisotopic (exact) mass is 427 g/mol. The molecule has 3 aromatic carbocycles. The van der Waals surface area contributed by atoms with Crippen LogP contribution in [0.3, 0.4) is 0 Å². The van der Waals surface area contributed by atoms with Crippen molar-refractivity contribution in [2.75, 3.05) is 13.1 Å². The van der Waals surface area contributed by atoms with E-state index in [1.54, 1.807) is 30.3 Å². The van der Waals surface area contributed by atoms with Crippen LogP contribution in [0.2, 0.25) is 0 Å². The third-order valence-corrected chi connectivity index (χ3v) is 7.55. The van der Waals surface area contributed by atoms with Gasteiger partial charge in [-0.3, -0.25) is 15.1 Å². The zero-order valence-corrected chi connectivity index (χ0v) is 16.9. The number of benzene rings is 3. The van der Waals surface area contributed by atoms with Gasteiger partial charge in [0.15, 0.2) is 5.17 Å². The highest BCUT2D eigenvalue weighted by Crippen LogP contribution is 2.28. The summed E-state index contributed by atoms with van der Waals surface area (Å²) in [5.74, 6) is 0.393. The highest BCUT2D eigenvalue weighted by Gasteiger charge is 2.31. The van der Waals surface area contributed by atoms with Gasteiger partial charge in [0, 0.05) is 17.9 Å². The molecule has 9 heteroatoms. The van der Waals surface area contributed by atoms with E-state index in [9.17, 15) is 18.5 Å². The number of hydrogen-bond donors (Lipinski definition) is 0. The van der Waals surface area contributed by atoms with Gasteiger partial charge in [-0.25, -0.2) is 12.7 Å².